The Morgan fingerprint density at radius 3 is 2.86 bits per heavy atom. The van der Waals surface area contributed by atoms with Crippen LogP contribution < -0.4 is 10.1 Å². The summed E-state index contributed by atoms with van der Waals surface area (Å²) < 4.78 is 15.0. The van der Waals surface area contributed by atoms with Crippen molar-refractivity contribution in [1.82, 2.24) is 29.7 Å². The fourth-order valence-electron chi connectivity index (χ4n) is 4.41. The molecule has 0 bridgehead atoms. The molecular weight excluding hydrogens is 496 g/mol. The monoisotopic (exact) mass is 524 g/mol. The van der Waals surface area contributed by atoms with Crippen LogP contribution in [0.4, 0.5) is 4.79 Å². The van der Waals surface area contributed by atoms with Gasteiger partial charge >= 0.3 is 6.09 Å². The van der Waals surface area contributed by atoms with E-state index in [1.54, 1.807) is 33.9 Å². The molecule has 0 spiro atoms. The maximum absolute atomic E-state index is 12.2. The highest BCUT2D eigenvalue weighted by atomic mass is 35.5. The summed E-state index contributed by atoms with van der Waals surface area (Å²) in [7, 11) is 0. The van der Waals surface area contributed by atoms with Crippen molar-refractivity contribution in [2.45, 2.75) is 64.8 Å². The molecule has 2 N–H and O–H groups in total. The predicted octanol–water partition coefficient (Wildman–Crippen LogP) is 4.93. The van der Waals surface area contributed by atoms with E-state index in [1.807, 2.05) is 45.9 Å². The number of ether oxygens (including phenoxy) is 2. The minimum atomic E-state index is -0.586. The van der Waals surface area contributed by atoms with Crippen LogP contribution in [0.2, 0.25) is 5.02 Å². The van der Waals surface area contributed by atoms with Gasteiger partial charge in [-0.05, 0) is 52.3 Å². The van der Waals surface area contributed by atoms with Gasteiger partial charge in [-0.2, -0.15) is 10.2 Å². The Morgan fingerprint density at radius 2 is 2.14 bits per heavy atom. The Balaban J connectivity index is 1.44. The van der Waals surface area contributed by atoms with Crippen molar-refractivity contribution in [3.63, 3.8) is 0 Å². The van der Waals surface area contributed by atoms with Crippen molar-refractivity contribution in [1.29, 1.82) is 0 Å². The number of alkyl carbamates (subject to hydrolysis) is 1. The molecule has 10 nitrogen and oxygen atoms in total. The van der Waals surface area contributed by atoms with Crippen LogP contribution in [-0.2, 0) is 17.7 Å². The molecule has 2 atom stereocenters. The summed E-state index contributed by atoms with van der Waals surface area (Å²) >= 11 is 6.42. The molecule has 0 saturated carbocycles. The third-order valence-corrected chi connectivity index (χ3v) is 6.37. The van der Waals surface area contributed by atoms with E-state index >= 15 is 0 Å². The number of fused-ring (bicyclic) bond motifs is 2. The third kappa shape index (κ3) is 5.20. The summed E-state index contributed by atoms with van der Waals surface area (Å²) in [4.78, 5) is 16.6. The molecule has 37 heavy (non-hydrogen) atoms. The van der Waals surface area contributed by atoms with Gasteiger partial charge in [-0.1, -0.05) is 17.7 Å². The van der Waals surface area contributed by atoms with Crippen molar-refractivity contribution in [2.75, 3.05) is 0 Å². The average molecular weight is 525 g/mol. The number of aromatic nitrogens is 5. The molecule has 2 unspecified atom stereocenters. The van der Waals surface area contributed by atoms with Crippen LogP contribution in [-0.4, -0.2) is 47.2 Å². The standard InChI is InChI=1S/C26H29ClN6O4/c1-15(19-7-5-6-9-28-19)36-21-11-16(14-33-23(21)18(27)13-29-33)22-24(34)20-12-17(8-10-32(20)31-22)30-25(35)37-26(2,3)4/h5-7,9,11,13-15,17,34H,8,10,12H2,1-4H3,(H,30,35). The summed E-state index contributed by atoms with van der Waals surface area (Å²) in [6, 6.07) is 7.26. The van der Waals surface area contributed by atoms with Crippen molar-refractivity contribution >= 4 is 23.2 Å². The second kappa shape index (κ2) is 9.59. The highest BCUT2D eigenvalue weighted by molar-refractivity contribution is 6.34. The van der Waals surface area contributed by atoms with E-state index in [0.29, 0.717) is 52.6 Å². The number of carbonyl (C=O) groups is 1. The van der Waals surface area contributed by atoms with E-state index in [0.717, 1.165) is 5.69 Å². The molecule has 5 rings (SSSR count). The van der Waals surface area contributed by atoms with Crippen LogP contribution in [0.15, 0.2) is 42.9 Å². The fraction of sp³-hybridized carbons (Fsp3) is 0.385. The van der Waals surface area contributed by atoms with Gasteiger partial charge in [0.1, 0.15) is 28.7 Å². The molecule has 0 aliphatic carbocycles. The van der Waals surface area contributed by atoms with E-state index in [2.05, 4.69) is 20.5 Å². The number of amides is 1. The largest absolute Gasteiger partial charge is 0.504 e. The number of aromatic hydroxyl groups is 1. The molecule has 0 aromatic carbocycles. The zero-order chi connectivity index (χ0) is 26.3. The number of hydrogen-bond donors (Lipinski definition) is 2. The quantitative estimate of drug-likeness (QED) is 0.380. The van der Waals surface area contributed by atoms with Gasteiger partial charge in [0.25, 0.3) is 0 Å². The van der Waals surface area contributed by atoms with Crippen LogP contribution in [0.25, 0.3) is 16.8 Å². The summed E-state index contributed by atoms with van der Waals surface area (Å²) in [5.41, 5.74) is 2.45. The normalized spacial score (nSPS) is 16.3. The smallest absolute Gasteiger partial charge is 0.407 e. The van der Waals surface area contributed by atoms with Gasteiger partial charge in [-0.25, -0.2) is 9.31 Å². The number of nitrogens with one attached hydrogen (secondary N) is 1. The van der Waals surface area contributed by atoms with Crippen molar-refractivity contribution in [3.05, 3.63) is 59.3 Å². The van der Waals surface area contributed by atoms with Gasteiger partial charge in [0.2, 0.25) is 0 Å². The number of rotatable bonds is 5. The second-order valence-corrected chi connectivity index (χ2v) is 10.5. The summed E-state index contributed by atoms with van der Waals surface area (Å²) in [5, 5.41) is 23.5. The fourth-order valence-corrected chi connectivity index (χ4v) is 4.64. The lowest BCUT2D eigenvalue weighted by Gasteiger charge is -2.26. The van der Waals surface area contributed by atoms with Crippen molar-refractivity contribution < 1.29 is 19.4 Å². The highest BCUT2D eigenvalue weighted by Gasteiger charge is 2.29. The Labute approximate surface area is 219 Å². The van der Waals surface area contributed by atoms with E-state index in [-0.39, 0.29) is 17.9 Å². The van der Waals surface area contributed by atoms with Crippen molar-refractivity contribution in [2.24, 2.45) is 0 Å². The van der Waals surface area contributed by atoms with Crippen molar-refractivity contribution in [3.8, 4) is 22.8 Å². The Morgan fingerprint density at radius 1 is 1.32 bits per heavy atom. The molecule has 1 aliphatic heterocycles. The zero-order valence-electron chi connectivity index (χ0n) is 21.1. The lowest BCUT2D eigenvalue weighted by Crippen LogP contribution is -2.42. The molecule has 1 aliphatic rings. The van der Waals surface area contributed by atoms with Gasteiger partial charge in [0.15, 0.2) is 5.75 Å². The van der Waals surface area contributed by atoms with Gasteiger partial charge < -0.3 is 19.9 Å². The molecule has 4 aromatic heterocycles. The summed E-state index contributed by atoms with van der Waals surface area (Å²) in [6.45, 7) is 7.90. The molecule has 0 radical (unpaired) electrons. The SMILES string of the molecule is CC(Oc1cc(-c2nn3c(c2O)CC(NC(=O)OC(C)(C)C)CC3)cn2ncc(Cl)c12)c1ccccn1. The van der Waals surface area contributed by atoms with Gasteiger partial charge in [-0.15, -0.1) is 0 Å². The first-order valence-corrected chi connectivity index (χ1v) is 12.5. The second-order valence-electron chi connectivity index (χ2n) is 10.1. The van der Waals surface area contributed by atoms with E-state index in [4.69, 9.17) is 21.1 Å². The van der Waals surface area contributed by atoms with E-state index in [9.17, 15) is 9.90 Å². The van der Waals surface area contributed by atoms with E-state index in [1.165, 1.54) is 0 Å². The first kappa shape index (κ1) is 24.9. The number of carbonyl (C=O) groups excluding carboxylic acids is 1. The molecule has 11 heteroatoms. The van der Waals surface area contributed by atoms with Crippen LogP contribution in [0.3, 0.4) is 0 Å². The number of nitrogens with zero attached hydrogens (tertiary/aromatic N) is 5. The zero-order valence-corrected chi connectivity index (χ0v) is 21.9. The molecule has 4 aromatic rings. The summed E-state index contributed by atoms with van der Waals surface area (Å²) in [6.07, 6.45) is 5.27. The summed E-state index contributed by atoms with van der Waals surface area (Å²) in [5.74, 6) is 0.546. The Kier molecular flexibility index (Phi) is 6.45. The molecular formula is C26H29ClN6O4. The number of halogens is 1. The van der Waals surface area contributed by atoms with Gasteiger partial charge in [-0.3, -0.25) is 9.67 Å². The Bertz CT molecular complexity index is 1440. The molecule has 0 fully saturated rings. The maximum Gasteiger partial charge on any atom is 0.407 e. The van der Waals surface area contributed by atoms with E-state index < -0.39 is 11.7 Å². The molecule has 194 valence electrons. The number of pyridine rings is 2. The lowest BCUT2D eigenvalue weighted by atomic mass is 10.0. The predicted molar refractivity (Wildman–Crippen MR) is 138 cm³/mol. The molecule has 0 saturated heterocycles. The number of hydrogen-bond acceptors (Lipinski definition) is 7. The van der Waals surface area contributed by atoms with Crippen LogP contribution in [0, 0.1) is 0 Å². The first-order valence-electron chi connectivity index (χ1n) is 12.1. The average Bonchev–Trinajstić information content (AvgIpc) is 3.38. The Hall–Kier alpha value is -3.79. The minimum absolute atomic E-state index is 0.0528. The third-order valence-electron chi connectivity index (χ3n) is 6.09. The molecule has 5 heterocycles. The number of aryl methyl sites for hydroxylation is 1. The minimum Gasteiger partial charge on any atom is -0.504 e. The van der Waals surface area contributed by atoms with Crippen LogP contribution in [0.1, 0.15) is 51.6 Å². The first-order chi connectivity index (χ1) is 17.6. The topological polar surface area (TPSA) is 116 Å². The van der Waals surface area contributed by atoms with Crippen LogP contribution >= 0.6 is 11.6 Å². The molecule has 1 amide bonds. The van der Waals surface area contributed by atoms with Gasteiger partial charge in [0.05, 0.1) is 22.6 Å². The lowest BCUT2D eigenvalue weighted by molar-refractivity contribution is 0.0496. The van der Waals surface area contributed by atoms with Gasteiger partial charge in [0, 0.05) is 37.0 Å². The highest BCUT2D eigenvalue weighted by Crippen LogP contribution is 2.39. The van der Waals surface area contributed by atoms with Crippen LogP contribution in [0.5, 0.6) is 11.5 Å². The maximum atomic E-state index is 12.2.